The van der Waals surface area contributed by atoms with Crippen LogP contribution in [-0.4, -0.2) is 20.1 Å². The lowest BCUT2D eigenvalue weighted by Crippen LogP contribution is -2.24. The number of aryl methyl sites for hydroxylation is 1. The molecule has 0 radical (unpaired) electrons. The standard InChI is InChI=1S/C23H30N2.C6H6ClN.C3H6/c1-17(2)13-14-24-18(3)19-7-9-20(10-8-19)21-11-12-23-22(16-21)6-5-15-25(23)4;7-5-1-3-6(8)4-2-5;1-3-2/h7-12,16-17,24H,3,5-6,13-15H2,1-2,4H3;1-4H,8H2;3H,1H2,2H3. The molecule has 0 fully saturated rings. The van der Waals surface area contributed by atoms with Crippen molar-refractivity contribution in [2.24, 2.45) is 5.92 Å². The van der Waals surface area contributed by atoms with E-state index in [0.29, 0.717) is 5.92 Å². The molecule has 0 saturated carbocycles. The number of rotatable bonds is 6. The van der Waals surface area contributed by atoms with E-state index in [4.69, 9.17) is 17.3 Å². The van der Waals surface area contributed by atoms with Crippen molar-refractivity contribution in [3.63, 3.8) is 0 Å². The molecule has 0 saturated heterocycles. The summed E-state index contributed by atoms with van der Waals surface area (Å²) in [6, 6.07) is 22.7. The molecule has 4 rings (SSSR count). The fourth-order valence-electron chi connectivity index (χ4n) is 3.91. The third kappa shape index (κ3) is 9.47. The van der Waals surface area contributed by atoms with E-state index in [2.05, 4.69) is 86.7 Å². The molecule has 0 aromatic heterocycles. The molecular formula is C32H42ClN3. The van der Waals surface area contributed by atoms with Crippen LogP contribution >= 0.6 is 11.6 Å². The zero-order chi connectivity index (χ0) is 26.5. The van der Waals surface area contributed by atoms with Gasteiger partial charge in [0.25, 0.3) is 0 Å². The number of halogens is 1. The van der Waals surface area contributed by atoms with Gasteiger partial charge in [0.05, 0.1) is 0 Å². The average Bonchev–Trinajstić information content (AvgIpc) is 2.86. The lowest BCUT2D eigenvalue weighted by Gasteiger charge is -2.27. The highest BCUT2D eigenvalue weighted by atomic mass is 35.5. The summed E-state index contributed by atoms with van der Waals surface area (Å²) in [7, 11) is 2.18. The first kappa shape index (κ1) is 29.1. The van der Waals surface area contributed by atoms with E-state index in [9.17, 15) is 0 Å². The van der Waals surface area contributed by atoms with Gasteiger partial charge < -0.3 is 16.0 Å². The normalized spacial score (nSPS) is 11.9. The Kier molecular flexibility index (Phi) is 12.2. The first-order valence-electron chi connectivity index (χ1n) is 12.7. The van der Waals surface area contributed by atoms with Crippen LogP contribution in [-0.2, 0) is 6.42 Å². The fourth-order valence-corrected chi connectivity index (χ4v) is 4.03. The second-order valence-corrected chi connectivity index (χ2v) is 9.93. The van der Waals surface area contributed by atoms with Gasteiger partial charge in [-0.05, 0) is 90.8 Å². The molecule has 0 spiro atoms. The SMILES string of the molecule is C=C(NCCC(C)C)c1ccc(-c2ccc3c(c2)CCCN3C)cc1.C=CC.Nc1ccc(Cl)cc1. The van der Waals surface area contributed by atoms with Gasteiger partial charge in [0, 0.05) is 42.2 Å². The van der Waals surface area contributed by atoms with Crippen LogP contribution in [0.25, 0.3) is 16.8 Å². The minimum atomic E-state index is 0.714. The van der Waals surface area contributed by atoms with Crippen molar-refractivity contribution in [2.75, 3.05) is 30.8 Å². The summed E-state index contributed by atoms with van der Waals surface area (Å²) in [5, 5.41) is 4.16. The number of nitrogens with one attached hydrogen (secondary N) is 1. The first-order chi connectivity index (χ1) is 17.2. The van der Waals surface area contributed by atoms with Crippen LogP contribution in [0.4, 0.5) is 11.4 Å². The maximum atomic E-state index is 5.56. The average molecular weight is 504 g/mol. The predicted octanol–water partition coefficient (Wildman–Crippen LogP) is 8.46. The smallest absolute Gasteiger partial charge is 0.0407 e. The number of hydrogen-bond acceptors (Lipinski definition) is 3. The maximum Gasteiger partial charge on any atom is 0.0407 e. The Morgan fingerprint density at radius 2 is 1.67 bits per heavy atom. The Hall–Kier alpha value is -3.17. The van der Waals surface area contributed by atoms with Gasteiger partial charge in [0.2, 0.25) is 0 Å². The highest BCUT2D eigenvalue weighted by molar-refractivity contribution is 6.30. The number of benzene rings is 3. The minimum Gasteiger partial charge on any atom is -0.399 e. The largest absolute Gasteiger partial charge is 0.399 e. The molecule has 0 aliphatic carbocycles. The van der Waals surface area contributed by atoms with Gasteiger partial charge >= 0.3 is 0 Å². The molecule has 0 unspecified atom stereocenters. The summed E-state index contributed by atoms with van der Waals surface area (Å²) < 4.78 is 0. The van der Waals surface area contributed by atoms with Crippen molar-refractivity contribution in [3.05, 3.63) is 102 Å². The molecule has 3 aromatic carbocycles. The molecule has 3 N–H and O–H groups in total. The van der Waals surface area contributed by atoms with E-state index in [0.717, 1.165) is 29.5 Å². The second-order valence-electron chi connectivity index (χ2n) is 9.49. The highest BCUT2D eigenvalue weighted by Gasteiger charge is 2.14. The van der Waals surface area contributed by atoms with Gasteiger partial charge in [0.1, 0.15) is 0 Å². The van der Waals surface area contributed by atoms with Crippen molar-refractivity contribution in [2.45, 2.75) is 40.0 Å². The fraction of sp³-hybridized carbons (Fsp3) is 0.312. The van der Waals surface area contributed by atoms with Gasteiger partial charge in [-0.15, -0.1) is 6.58 Å². The van der Waals surface area contributed by atoms with Crippen molar-refractivity contribution in [1.82, 2.24) is 5.32 Å². The molecular weight excluding hydrogens is 462 g/mol. The van der Waals surface area contributed by atoms with Gasteiger partial charge in [0.15, 0.2) is 0 Å². The van der Waals surface area contributed by atoms with E-state index in [1.54, 1.807) is 30.3 Å². The van der Waals surface area contributed by atoms with E-state index >= 15 is 0 Å². The third-order valence-electron chi connectivity index (χ3n) is 5.93. The zero-order valence-corrected chi connectivity index (χ0v) is 23.1. The number of nitrogens with zero attached hydrogens (tertiary/aromatic N) is 1. The van der Waals surface area contributed by atoms with Crippen LogP contribution in [0.15, 0.2) is 86.0 Å². The number of nitrogens with two attached hydrogens (primary N) is 1. The summed E-state index contributed by atoms with van der Waals surface area (Å²) in [5.41, 5.74) is 13.7. The summed E-state index contributed by atoms with van der Waals surface area (Å²) in [6.45, 7) is 16.1. The second kappa shape index (κ2) is 15.1. The number of fused-ring (bicyclic) bond motifs is 1. The monoisotopic (exact) mass is 503 g/mol. The molecule has 1 aliphatic heterocycles. The lowest BCUT2D eigenvalue weighted by atomic mass is 9.96. The van der Waals surface area contributed by atoms with E-state index in [1.165, 1.54) is 47.2 Å². The Bertz CT molecular complexity index is 1060. The van der Waals surface area contributed by atoms with E-state index < -0.39 is 0 Å². The summed E-state index contributed by atoms with van der Waals surface area (Å²) in [6.07, 6.45) is 5.34. The Morgan fingerprint density at radius 1 is 1.06 bits per heavy atom. The molecule has 1 heterocycles. The number of nitrogen functional groups attached to an aromatic ring is 1. The highest BCUT2D eigenvalue weighted by Crippen LogP contribution is 2.31. The molecule has 3 aromatic rings. The molecule has 36 heavy (non-hydrogen) atoms. The first-order valence-corrected chi connectivity index (χ1v) is 13.1. The minimum absolute atomic E-state index is 0.714. The molecule has 0 bridgehead atoms. The molecule has 4 heteroatoms. The van der Waals surface area contributed by atoms with Crippen LogP contribution in [0.1, 0.15) is 44.7 Å². The number of allylic oxidation sites excluding steroid dienone is 1. The van der Waals surface area contributed by atoms with Crippen LogP contribution in [0.5, 0.6) is 0 Å². The molecule has 0 amide bonds. The van der Waals surface area contributed by atoms with Gasteiger partial charge in [-0.25, -0.2) is 0 Å². The molecule has 0 atom stereocenters. The number of anilines is 2. The topological polar surface area (TPSA) is 41.3 Å². The van der Waals surface area contributed by atoms with Crippen molar-refractivity contribution < 1.29 is 0 Å². The quantitative estimate of drug-likeness (QED) is 0.262. The van der Waals surface area contributed by atoms with Crippen LogP contribution < -0.4 is 16.0 Å². The van der Waals surface area contributed by atoms with E-state index in [1.807, 2.05) is 6.92 Å². The molecule has 192 valence electrons. The van der Waals surface area contributed by atoms with Crippen molar-refractivity contribution in [3.8, 4) is 11.1 Å². The van der Waals surface area contributed by atoms with Crippen molar-refractivity contribution in [1.29, 1.82) is 0 Å². The Labute approximate surface area is 223 Å². The number of hydrogen-bond donors (Lipinski definition) is 2. The van der Waals surface area contributed by atoms with Gasteiger partial charge in [-0.1, -0.05) is 68.4 Å². The van der Waals surface area contributed by atoms with Gasteiger partial charge in [-0.3, -0.25) is 0 Å². The summed E-state index contributed by atoms with van der Waals surface area (Å²) in [4.78, 5) is 2.36. The summed E-state index contributed by atoms with van der Waals surface area (Å²) in [5.74, 6) is 0.714. The van der Waals surface area contributed by atoms with E-state index in [-0.39, 0.29) is 0 Å². The molecule has 1 aliphatic rings. The lowest BCUT2D eigenvalue weighted by molar-refractivity contribution is 0.574. The molecule has 3 nitrogen and oxygen atoms in total. The van der Waals surface area contributed by atoms with Crippen LogP contribution in [0.3, 0.4) is 0 Å². The third-order valence-corrected chi connectivity index (χ3v) is 6.18. The maximum absolute atomic E-state index is 5.56. The van der Waals surface area contributed by atoms with Crippen molar-refractivity contribution >= 4 is 28.7 Å². The Morgan fingerprint density at radius 3 is 2.25 bits per heavy atom. The predicted molar refractivity (Wildman–Crippen MR) is 162 cm³/mol. The van der Waals surface area contributed by atoms with Crippen LogP contribution in [0, 0.1) is 5.92 Å². The van der Waals surface area contributed by atoms with Gasteiger partial charge in [-0.2, -0.15) is 0 Å². The van der Waals surface area contributed by atoms with Crippen LogP contribution in [0.2, 0.25) is 5.02 Å². The zero-order valence-electron chi connectivity index (χ0n) is 22.4. The summed E-state index contributed by atoms with van der Waals surface area (Å²) >= 11 is 5.56. The Balaban J connectivity index is 0.000000345.